The number of anilines is 1. The second-order valence-electron chi connectivity index (χ2n) is 17.9. The molecule has 1 aromatic heterocycles. The molecule has 0 saturated carbocycles. The number of amides is 4. The first-order valence-corrected chi connectivity index (χ1v) is 21.6. The monoisotopic (exact) mass is 839 g/mol. The number of piperidine rings is 3. The molecule has 3 saturated heterocycles. The lowest BCUT2D eigenvalue weighted by Gasteiger charge is -2.43. The number of benzene rings is 3. The van der Waals surface area contributed by atoms with E-state index in [4.69, 9.17) is 0 Å². The largest absolute Gasteiger partial charge is 0.371 e. The molecule has 0 spiro atoms. The fraction of sp³-hybridized carbons (Fsp3) is 0.478. The van der Waals surface area contributed by atoms with Gasteiger partial charge in [-0.2, -0.15) is 0 Å². The summed E-state index contributed by atoms with van der Waals surface area (Å²) in [4.78, 5) is 63.6. The van der Waals surface area contributed by atoms with Gasteiger partial charge >= 0.3 is 0 Å². The van der Waals surface area contributed by atoms with Crippen molar-refractivity contribution in [1.29, 1.82) is 0 Å². The van der Waals surface area contributed by atoms with Crippen molar-refractivity contribution in [2.45, 2.75) is 95.6 Å². The lowest BCUT2D eigenvalue weighted by atomic mass is 9.88. The first kappa shape index (κ1) is 40.0. The van der Waals surface area contributed by atoms with E-state index in [1.54, 1.807) is 0 Å². The summed E-state index contributed by atoms with van der Waals surface area (Å²) in [5.41, 5.74) is 5.24. The Labute approximate surface area is 351 Å². The highest BCUT2D eigenvalue weighted by Crippen LogP contribution is 2.44. The van der Waals surface area contributed by atoms with Gasteiger partial charge in [-0.1, -0.05) is 18.2 Å². The zero-order valence-corrected chi connectivity index (χ0v) is 34.1. The molecule has 0 radical (unpaired) electrons. The SMILES string of the molecule is C[C@@H]1Cc2c([nH]c3ccccc23)[C@@H](c2c(F)cc(N3CCC(N4CCC(CN5Cc6cc7c(cc6C5)C(=O)N(C5CCC(=O)NC5=O)C7=O)CC4)CC3)cc2F)N1CC(F)F. The predicted octanol–water partition coefficient (Wildman–Crippen LogP) is 6.15. The smallest absolute Gasteiger partial charge is 0.262 e. The molecule has 3 aromatic carbocycles. The molecule has 10 rings (SSSR count). The zero-order chi connectivity index (χ0) is 42.3. The van der Waals surface area contributed by atoms with E-state index in [-0.39, 0.29) is 24.4 Å². The number of carbonyl (C=O) groups is 4. The van der Waals surface area contributed by atoms with Crippen LogP contribution in [0, 0.1) is 17.6 Å². The fourth-order valence-electron chi connectivity index (χ4n) is 11.2. The van der Waals surface area contributed by atoms with Gasteiger partial charge in [0.25, 0.3) is 18.2 Å². The van der Waals surface area contributed by atoms with Crippen molar-refractivity contribution in [3.8, 4) is 0 Å². The molecule has 3 atom stereocenters. The third-order valence-corrected chi connectivity index (χ3v) is 14.3. The summed E-state index contributed by atoms with van der Waals surface area (Å²) in [6, 6.07) is 12.0. The Morgan fingerprint density at radius 2 is 1.48 bits per heavy atom. The van der Waals surface area contributed by atoms with Gasteiger partial charge in [-0.25, -0.2) is 17.6 Å². The maximum Gasteiger partial charge on any atom is 0.262 e. The van der Waals surface area contributed by atoms with E-state index in [0.29, 0.717) is 67.1 Å². The Kier molecular flexibility index (Phi) is 10.3. The summed E-state index contributed by atoms with van der Waals surface area (Å²) in [6.07, 6.45) is 1.85. The average Bonchev–Trinajstić information content (AvgIpc) is 3.88. The highest BCUT2D eigenvalue weighted by Gasteiger charge is 2.46. The zero-order valence-electron chi connectivity index (χ0n) is 34.1. The van der Waals surface area contributed by atoms with Crippen LogP contribution in [0.4, 0.5) is 23.2 Å². The van der Waals surface area contributed by atoms with Gasteiger partial charge in [0.15, 0.2) is 0 Å². The van der Waals surface area contributed by atoms with Crippen molar-refractivity contribution in [2.24, 2.45) is 5.92 Å². The number of likely N-dealkylation sites (tertiary alicyclic amines) is 1. The van der Waals surface area contributed by atoms with Crippen LogP contribution >= 0.6 is 0 Å². The second kappa shape index (κ2) is 15.7. The van der Waals surface area contributed by atoms with Crippen LogP contribution in [0.15, 0.2) is 48.5 Å². The van der Waals surface area contributed by atoms with Crippen molar-refractivity contribution >= 4 is 40.2 Å². The highest BCUT2D eigenvalue weighted by atomic mass is 19.3. The van der Waals surface area contributed by atoms with Crippen molar-refractivity contribution in [2.75, 3.05) is 44.2 Å². The topological polar surface area (TPSA) is 112 Å². The van der Waals surface area contributed by atoms with Gasteiger partial charge in [-0.05, 0) is 111 Å². The molecule has 1 unspecified atom stereocenters. The van der Waals surface area contributed by atoms with Gasteiger partial charge in [0.05, 0.1) is 23.7 Å². The normalized spacial score (nSPS) is 24.6. The number of H-pyrrole nitrogens is 1. The van der Waals surface area contributed by atoms with Crippen LogP contribution in [0.3, 0.4) is 0 Å². The van der Waals surface area contributed by atoms with Crippen LogP contribution in [0.1, 0.15) is 100 Å². The number of para-hydroxylation sites is 1. The van der Waals surface area contributed by atoms with Crippen molar-refractivity contribution < 1.29 is 36.7 Å². The standard InChI is InChI=1S/C46H49F4N7O4/c1-25-16-32-31-4-2-3-5-37(31)51-42(32)43(56(25)24-39(49)50)41-35(47)19-30(20-36(41)48)55-14-10-29(11-15-55)54-12-8-26(9-13-54)21-53-22-27-17-33-34(18-28(27)23-53)46(61)57(45(33)60)38-6-7-40(58)52-44(38)59/h2-5,17-20,25-26,29,38-39,43,51H,6-16,21-24H2,1H3,(H,52,58,59)/t25-,38?,43-/m1/s1. The van der Waals surface area contributed by atoms with Crippen LogP contribution in [0.2, 0.25) is 0 Å². The Balaban J connectivity index is 0.744. The Hall–Kier alpha value is -5.12. The minimum atomic E-state index is -2.66. The summed E-state index contributed by atoms with van der Waals surface area (Å²) in [6.45, 7) is 6.75. The van der Waals surface area contributed by atoms with Gasteiger partial charge in [-0.15, -0.1) is 0 Å². The maximum absolute atomic E-state index is 16.3. The number of fused-ring (bicyclic) bond motifs is 5. The minimum absolute atomic E-state index is 0.0819. The first-order chi connectivity index (χ1) is 29.4. The highest BCUT2D eigenvalue weighted by molar-refractivity contribution is 6.23. The van der Waals surface area contributed by atoms with Gasteiger partial charge < -0.3 is 14.8 Å². The minimum Gasteiger partial charge on any atom is -0.371 e. The lowest BCUT2D eigenvalue weighted by Crippen LogP contribution is -2.54. The Morgan fingerprint density at radius 3 is 2.11 bits per heavy atom. The summed E-state index contributed by atoms with van der Waals surface area (Å²) >= 11 is 0. The summed E-state index contributed by atoms with van der Waals surface area (Å²) in [7, 11) is 0. The van der Waals surface area contributed by atoms with Crippen LogP contribution in [-0.4, -0.2) is 112 Å². The number of hydrogen-bond donors (Lipinski definition) is 2. The molecular weight excluding hydrogens is 791 g/mol. The maximum atomic E-state index is 16.3. The molecule has 7 heterocycles. The molecule has 4 amide bonds. The van der Waals surface area contributed by atoms with Crippen molar-refractivity contribution in [1.82, 2.24) is 29.9 Å². The third-order valence-electron chi connectivity index (χ3n) is 14.3. The number of halogens is 4. The molecule has 11 nitrogen and oxygen atoms in total. The van der Waals surface area contributed by atoms with Gasteiger partial charge in [0, 0.05) is 79.1 Å². The number of rotatable bonds is 8. The number of aromatic amines is 1. The van der Waals surface area contributed by atoms with E-state index in [1.807, 2.05) is 48.2 Å². The van der Waals surface area contributed by atoms with Gasteiger partial charge in [0.1, 0.15) is 17.7 Å². The summed E-state index contributed by atoms with van der Waals surface area (Å²) in [5, 5.41) is 3.19. The molecule has 61 heavy (non-hydrogen) atoms. The molecule has 15 heteroatoms. The third kappa shape index (κ3) is 7.11. The van der Waals surface area contributed by atoms with E-state index >= 15 is 8.78 Å². The molecule has 6 aliphatic heterocycles. The number of nitrogens with one attached hydrogen (secondary N) is 2. The van der Waals surface area contributed by atoms with Crippen LogP contribution < -0.4 is 10.2 Å². The van der Waals surface area contributed by atoms with Crippen molar-refractivity contribution in [3.63, 3.8) is 0 Å². The number of hydrogen-bond acceptors (Lipinski definition) is 8. The Bertz CT molecular complexity index is 2370. The summed E-state index contributed by atoms with van der Waals surface area (Å²) < 4.78 is 60.4. The van der Waals surface area contributed by atoms with Crippen LogP contribution in [-0.2, 0) is 29.1 Å². The van der Waals surface area contributed by atoms with Crippen LogP contribution in [0.25, 0.3) is 10.9 Å². The van der Waals surface area contributed by atoms with E-state index in [1.165, 1.54) is 17.0 Å². The van der Waals surface area contributed by atoms with E-state index in [2.05, 4.69) is 20.1 Å². The van der Waals surface area contributed by atoms with Crippen LogP contribution in [0.5, 0.6) is 0 Å². The van der Waals surface area contributed by atoms with Gasteiger partial charge in [0.2, 0.25) is 11.8 Å². The lowest BCUT2D eigenvalue weighted by molar-refractivity contribution is -0.136. The molecule has 0 bridgehead atoms. The molecule has 320 valence electrons. The Morgan fingerprint density at radius 1 is 0.820 bits per heavy atom. The fourth-order valence-corrected chi connectivity index (χ4v) is 11.2. The molecule has 3 fully saturated rings. The average molecular weight is 840 g/mol. The van der Waals surface area contributed by atoms with Crippen molar-refractivity contribution in [3.05, 3.63) is 99.2 Å². The number of nitrogens with zero attached hydrogens (tertiary/aromatic N) is 5. The molecular formula is C46H49F4N7O4. The van der Waals surface area contributed by atoms with E-state index in [9.17, 15) is 28.0 Å². The first-order valence-electron chi connectivity index (χ1n) is 21.6. The number of imide groups is 2. The van der Waals surface area contributed by atoms with E-state index in [0.717, 1.165) is 77.8 Å². The van der Waals surface area contributed by atoms with Gasteiger partial charge in [-0.3, -0.25) is 39.2 Å². The summed E-state index contributed by atoms with van der Waals surface area (Å²) in [5.74, 6) is -2.95. The molecule has 4 aromatic rings. The van der Waals surface area contributed by atoms with E-state index < -0.39 is 60.3 Å². The number of alkyl halides is 2. The predicted molar refractivity (Wildman–Crippen MR) is 219 cm³/mol. The molecule has 0 aliphatic carbocycles. The molecule has 2 N–H and O–H groups in total. The number of carbonyl (C=O) groups excluding carboxylic acids is 4. The second-order valence-corrected chi connectivity index (χ2v) is 17.9. The number of aromatic nitrogens is 1. The quantitative estimate of drug-likeness (QED) is 0.161. The molecule has 6 aliphatic rings.